The summed E-state index contributed by atoms with van der Waals surface area (Å²) in [6.45, 7) is 0.0985. The lowest BCUT2D eigenvalue weighted by atomic mass is 10.2. The highest BCUT2D eigenvalue weighted by Gasteiger charge is 1.99. The molecule has 2 aromatic rings. The van der Waals surface area contributed by atoms with Gasteiger partial charge < -0.3 is 4.57 Å². The molecular weight excluding hydrogens is 228 g/mol. The van der Waals surface area contributed by atoms with Gasteiger partial charge in [-0.2, -0.15) is 0 Å². The fourth-order valence-corrected chi connectivity index (χ4v) is 1.50. The van der Waals surface area contributed by atoms with Gasteiger partial charge in [0.25, 0.3) is 5.56 Å². The first kappa shape index (κ1) is 11.9. The van der Waals surface area contributed by atoms with Crippen LogP contribution in [0.3, 0.4) is 0 Å². The number of hydrogen-bond acceptors (Lipinski definition) is 2. The Morgan fingerprint density at radius 2 is 1.83 bits per heavy atom. The fraction of sp³-hybridized carbons (Fsp3) is 0.143. The molecule has 0 spiro atoms. The Balaban J connectivity index is 2.28. The van der Waals surface area contributed by atoms with Gasteiger partial charge in [0.15, 0.2) is 0 Å². The van der Waals surface area contributed by atoms with Crippen LogP contribution >= 0.6 is 0 Å². The molecule has 0 saturated carbocycles. The van der Waals surface area contributed by atoms with E-state index in [2.05, 4.69) is 11.8 Å². The number of rotatable bonds is 1. The Morgan fingerprint density at radius 1 is 1.11 bits per heavy atom. The van der Waals surface area contributed by atoms with Crippen LogP contribution in [0.1, 0.15) is 5.56 Å². The summed E-state index contributed by atoms with van der Waals surface area (Å²) >= 11 is 0. The molecule has 90 valence electrons. The van der Waals surface area contributed by atoms with E-state index in [-0.39, 0.29) is 17.8 Å². The van der Waals surface area contributed by atoms with Gasteiger partial charge in [0.1, 0.15) is 0 Å². The number of benzene rings is 1. The molecule has 1 aromatic carbocycles. The molecule has 0 fully saturated rings. The van der Waals surface area contributed by atoms with Crippen molar-refractivity contribution in [3.8, 4) is 11.8 Å². The van der Waals surface area contributed by atoms with Gasteiger partial charge >= 0.3 is 5.69 Å². The first-order chi connectivity index (χ1) is 8.68. The van der Waals surface area contributed by atoms with Gasteiger partial charge in [-0.05, 0) is 12.1 Å². The highest BCUT2D eigenvalue weighted by Crippen LogP contribution is 1.94. The van der Waals surface area contributed by atoms with E-state index < -0.39 is 0 Å². The second-order valence-electron chi connectivity index (χ2n) is 3.80. The van der Waals surface area contributed by atoms with E-state index in [0.29, 0.717) is 0 Å². The molecular formula is C14H12N2O2. The van der Waals surface area contributed by atoms with Gasteiger partial charge in [0.2, 0.25) is 0 Å². The standard InChI is InChI=1S/C14H12N2O2/c1-15-11-9-13(17)16(14(15)18)10-5-8-12-6-3-2-4-7-12/h2-4,6-7,9,11H,10H2,1H3. The smallest absolute Gasteiger partial charge is 0.303 e. The molecule has 18 heavy (non-hydrogen) atoms. The van der Waals surface area contributed by atoms with Crippen LogP contribution in [0.2, 0.25) is 0 Å². The minimum absolute atomic E-state index is 0.0985. The van der Waals surface area contributed by atoms with Gasteiger partial charge in [-0.1, -0.05) is 30.0 Å². The van der Waals surface area contributed by atoms with Crippen molar-refractivity contribution in [2.24, 2.45) is 7.05 Å². The molecule has 1 heterocycles. The summed E-state index contributed by atoms with van der Waals surface area (Å²) < 4.78 is 2.46. The van der Waals surface area contributed by atoms with E-state index in [4.69, 9.17) is 0 Å². The highest BCUT2D eigenvalue weighted by atomic mass is 16.2. The first-order valence-corrected chi connectivity index (χ1v) is 5.49. The maximum Gasteiger partial charge on any atom is 0.331 e. The molecule has 0 aliphatic heterocycles. The van der Waals surface area contributed by atoms with Crippen LogP contribution in [0.25, 0.3) is 0 Å². The van der Waals surface area contributed by atoms with Crippen LogP contribution in [-0.2, 0) is 13.6 Å². The van der Waals surface area contributed by atoms with Crippen LogP contribution in [0, 0.1) is 11.8 Å². The molecule has 0 aliphatic carbocycles. The quantitative estimate of drug-likeness (QED) is 0.685. The summed E-state index contributed by atoms with van der Waals surface area (Å²) in [4.78, 5) is 23.2. The molecule has 0 radical (unpaired) electrons. The lowest BCUT2D eigenvalue weighted by Crippen LogP contribution is -2.37. The topological polar surface area (TPSA) is 44.0 Å². The zero-order valence-electron chi connectivity index (χ0n) is 9.96. The predicted molar refractivity (Wildman–Crippen MR) is 69.3 cm³/mol. The van der Waals surface area contributed by atoms with Crippen molar-refractivity contribution in [3.05, 3.63) is 69.0 Å². The van der Waals surface area contributed by atoms with E-state index in [1.807, 2.05) is 30.3 Å². The van der Waals surface area contributed by atoms with E-state index in [0.717, 1.165) is 10.1 Å². The number of nitrogens with zero attached hydrogens (tertiary/aromatic N) is 2. The van der Waals surface area contributed by atoms with Crippen molar-refractivity contribution >= 4 is 0 Å². The second kappa shape index (κ2) is 5.19. The maximum absolute atomic E-state index is 11.7. The first-order valence-electron chi connectivity index (χ1n) is 5.49. The summed E-state index contributed by atoms with van der Waals surface area (Å²) in [7, 11) is 1.60. The number of aromatic nitrogens is 2. The Kier molecular flexibility index (Phi) is 3.44. The molecule has 2 rings (SSSR count). The summed E-state index contributed by atoms with van der Waals surface area (Å²) in [5, 5.41) is 0. The molecule has 0 N–H and O–H groups in total. The third kappa shape index (κ3) is 2.58. The van der Waals surface area contributed by atoms with Crippen LogP contribution in [0.4, 0.5) is 0 Å². The zero-order valence-corrected chi connectivity index (χ0v) is 9.96. The summed E-state index contributed by atoms with van der Waals surface area (Å²) in [6, 6.07) is 10.8. The van der Waals surface area contributed by atoms with E-state index >= 15 is 0 Å². The fourth-order valence-electron chi connectivity index (χ4n) is 1.50. The van der Waals surface area contributed by atoms with E-state index in [1.165, 1.54) is 16.8 Å². The second-order valence-corrected chi connectivity index (χ2v) is 3.80. The molecule has 0 saturated heterocycles. The van der Waals surface area contributed by atoms with E-state index in [9.17, 15) is 9.59 Å². The molecule has 0 unspecified atom stereocenters. The van der Waals surface area contributed by atoms with Gasteiger partial charge in [-0.25, -0.2) is 9.36 Å². The number of hydrogen-bond donors (Lipinski definition) is 0. The largest absolute Gasteiger partial charge is 0.331 e. The normalized spacial score (nSPS) is 9.61. The van der Waals surface area contributed by atoms with Crippen LogP contribution in [0.15, 0.2) is 52.2 Å². The van der Waals surface area contributed by atoms with E-state index in [1.54, 1.807) is 7.05 Å². The third-order valence-electron chi connectivity index (χ3n) is 2.48. The maximum atomic E-state index is 11.7. The van der Waals surface area contributed by atoms with Gasteiger partial charge in [0, 0.05) is 24.9 Å². The highest BCUT2D eigenvalue weighted by molar-refractivity contribution is 5.33. The van der Waals surface area contributed by atoms with Crippen molar-refractivity contribution in [1.29, 1.82) is 0 Å². The SMILES string of the molecule is Cn1ccc(=O)n(CC#Cc2ccccc2)c1=O. The monoisotopic (exact) mass is 240 g/mol. The Labute approximate surface area is 104 Å². The van der Waals surface area contributed by atoms with Crippen molar-refractivity contribution in [2.45, 2.75) is 6.54 Å². The predicted octanol–water partition coefficient (Wildman–Crippen LogP) is 0.599. The molecule has 1 aromatic heterocycles. The van der Waals surface area contributed by atoms with Crippen molar-refractivity contribution in [1.82, 2.24) is 9.13 Å². The minimum Gasteiger partial charge on any atom is -0.303 e. The lowest BCUT2D eigenvalue weighted by Gasteiger charge is -2.01. The van der Waals surface area contributed by atoms with Crippen molar-refractivity contribution in [2.75, 3.05) is 0 Å². The Morgan fingerprint density at radius 3 is 2.56 bits per heavy atom. The molecule has 0 atom stereocenters. The minimum atomic E-state index is -0.357. The van der Waals surface area contributed by atoms with Crippen LogP contribution in [-0.4, -0.2) is 9.13 Å². The Bertz CT molecular complexity index is 715. The summed E-state index contributed by atoms with van der Waals surface area (Å²) in [6.07, 6.45) is 1.45. The van der Waals surface area contributed by atoms with Crippen LogP contribution < -0.4 is 11.2 Å². The zero-order chi connectivity index (χ0) is 13.0. The van der Waals surface area contributed by atoms with Gasteiger partial charge in [-0.15, -0.1) is 0 Å². The van der Waals surface area contributed by atoms with Crippen molar-refractivity contribution in [3.63, 3.8) is 0 Å². The summed E-state index contributed by atoms with van der Waals surface area (Å²) in [5.74, 6) is 5.74. The molecule has 4 nitrogen and oxygen atoms in total. The number of aryl methyl sites for hydroxylation is 1. The molecule has 4 heteroatoms. The van der Waals surface area contributed by atoms with Gasteiger partial charge in [-0.3, -0.25) is 4.79 Å². The van der Waals surface area contributed by atoms with Crippen LogP contribution in [0.5, 0.6) is 0 Å². The molecule has 0 bridgehead atoms. The third-order valence-corrected chi connectivity index (χ3v) is 2.48. The lowest BCUT2D eigenvalue weighted by molar-refractivity contribution is 0.656. The molecule has 0 aliphatic rings. The average Bonchev–Trinajstić information content (AvgIpc) is 2.39. The van der Waals surface area contributed by atoms with Gasteiger partial charge in [0.05, 0.1) is 6.54 Å². The molecule has 0 amide bonds. The average molecular weight is 240 g/mol. The Hall–Kier alpha value is -2.54. The summed E-state index contributed by atoms with van der Waals surface area (Å²) in [5.41, 5.74) is 0.170. The van der Waals surface area contributed by atoms with Crippen molar-refractivity contribution < 1.29 is 0 Å².